The minimum absolute atomic E-state index is 0. The smallest absolute Gasteiger partial charge is 0.157 e. The summed E-state index contributed by atoms with van der Waals surface area (Å²) in [6, 6.07) is 0. The maximum atomic E-state index is 10.6. The summed E-state index contributed by atoms with van der Waals surface area (Å²) in [5.41, 5.74) is 0.673. The van der Waals surface area contributed by atoms with E-state index in [0.29, 0.717) is 12.0 Å². The first-order valence-corrected chi connectivity index (χ1v) is 2.87. The standard InChI is InChI=1S/C7H12O.CH4/c1-4-5-7(8)6(2)3;/h2,4-5H2,1,3H3;1H4. The molecule has 0 aliphatic heterocycles. The zero-order valence-corrected chi connectivity index (χ0v) is 5.53. The Morgan fingerprint density at radius 2 is 2.00 bits per heavy atom. The van der Waals surface area contributed by atoms with Crippen LogP contribution in [0, 0.1) is 0 Å². The SMILES string of the molecule is C.C=C(C)C(=O)CCC. The van der Waals surface area contributed by atoms with Gasteiger partial charge in [0.25, 0.3) is 0 Å². The highest BCUT2D eigenvalue weighted by Crippen LogP contribution is 1.96. The second-order valence-electron chi connectivity index (χ2n) is 1.95. The van der Waals surface area contributed by atoms with Crippen LogP contribution >= 0.6 is 0 Å². The van der Waals surface area contributed by atoms with E-state index in [1.165, 1.54) is 0 Å². The Morgan fingerprint density at radius 3 is 2.11 bits per heavy atom. The molecular formula is C8H16O. The van der Waals surface area contributed by atoms with E-state index in [1.54, 1.807) is 6.92 Å². The van der Waals surface area contributed by atoms with Gasteiger partial charge in [-0.25, -0.2) is 0 Å². The lowest BCUT2D eigenvalue weighted by atomic mass is 10.1. The van der Waals surface area contributed by atoms with Gasteiger partial charge >= 0.3 is 0 Å². The molecule has 0 aliphatic carbocycles. The molecule has 0 aliphatic rings. The van der Waals surface area contributed by atoms with Crippen molar-refractivity contribution in [3.63, 3.8) is 0 Å². The minimum atomic E-state index is 0. The molecule has 0 aromatic heterocycles. The van der Waals surface area contributed by atoms with Crippen molar-refractivity contribution in [2.45, 2.75) is 34.1 Å². The molecule has 0 N–H and O–H groups in total. The Hall–Kier alpha value is -0.590. The molecule has 0 unspecified atom stereocenters. The van der Waals surface area contributed by atoms with Crippen LogP contribution in [0.4, 0.5) is 0 Å². The van der Waals surface area contributed by atoms with Crippen LogP contribution in [0.3, 0.4) is 0 Å². The Balaban J connectivity index is 0. The molecule has 0 saturated carbocycles. The Labute approximate surface area is 57.8 Å². The molecule has 0 heterocycles. The third-order valence-electron chi connectivity index (χ3n) is 0.953. The number of allylic oxidation sites excluding steroid dienone is 1. The van der Waals surface area contributed by atoms with Crippen LogP contribution in [0.15, 0.2) is 12.2 Å². The van der Waals surface area contributed by atoms with Crippen LogP contribution in [0.25, 0.3) is 0 Å². The lowest BCUT2D eigenvalue weighted by Gasteiger charge is -1.92. The predicted molar refractivity (Wildman–Crippen MR) is 41.5 cm³/mol. The lowest BCUT2D eigenvalue weighted by molar-refractivity contribution is -0.115. The van der Waals surface area contributed by atoms with Gasteiger partial charge in [-0.2, -0.15) is 0 Å². The molecule has 0 atom stereocenters. The number of carbonyl (C=O) groups excluding carboxylic acids is 1. The summed E-state index contributed by atoms with van der Waals surface area (Å²) in [7, 11) is 0. The van der Waals surface area contributed by atoms with Crippen molar-refractivity contribution in [1.29, 1.82) is 0 Å². The highest BCUT2D eigenvalue weighted by molar-refractivity contribution is 5.93. The molecule has 1 heteroatoms. The van der Waals surface area contributed by atoms with E-state index in [-0.39, 0.29) is 13.2 Å². The van der Waals surface area contributed by atoms with Crippen LogP contribution in [-0.2, 0) is 4.79 Å². The molecular weight excluding hydrogens is 112 g/mol. The van der Waals surface area contributed by atoms with Gasteiger partial charge < -0.3 is 0 Å². The van der Waals surface area contributed by atoms with Crippen molar-refractivity contribution in [3.8, 4) is 0 Å². The Kier molecular flexibility index (Phi) is 6.92. The van der Waals surface area contributed by atoms with Gasteiger partial charge in [-0.1, -0.05) is 20.9 Å². The van der Waals surface area contributed by atoms with Crippen LogP contribution in [-0.4, -0.2) is 5.78 Å². The van der Waals surface area contributed by atoms with Gasteiger partial charge in [0.1, 0.15) is 0 Å². The van der Waals surface area contributed by atoms with Crippen LogP contribution in [0.2, 0.25) is 0 Å². The summed E-state index contributed by atoms with van der Waals surface area (Å²) in [6.45, 7) is 7.26. The zero-order valence-electron chi connectivity index (χ0n) is 5.53. The first-order chi connectivity index (χ1) is 3.68. The van der Waals surface area contributed by atoms with E-state index < -0.39 is 0 Å². The summed E-state index contributed by atoms with van der Waals surface area (Å²) in [4.78, 5) is 10.6. The Bertz CT molecular complexity index is 103. The summed E-state index contributed by atoms with van der Waals surface area (Å²) in [6.07, 6.45) is 1.57. The van der Waals surface area contributed by atoms with Gasteiger partial charge in [0, 0.05) is 6.42 Å². The Morgan fingerprint density at radius 1 is 1.56 bits per heavy atom. The van der Waals surface area contributed by atoms with E-state index in [9.17, 15) is 4.79 Å². The van der Waals surface area contributed by atoms with Gasteiger partial charge in [-0.15, -0.1) is 0 Å². The van der Waals surface area contributed by atoms with E-state index in [2.05, 4.69) is 6.58 Å². The fraction of sp³-hybridized carbons (Fsp3) is 0.625. The normalized spacial score (nSPS) is 7.78. The van der Waals surface area contributed by atoms with Crippen molar-refractivity contribution >= 4 is 5.78 Å². The lowest BCUT2D eigenvalue weighted by Crippen LogP contribution is -1.95. The number of ketones is 1. The van der Waals surface area contributed by atoms with Crippen molar-refractivity contribution in [2.24, 2.45) is 0 Å². The summed E-state index contributed by atoms with van der Waals surface area (Å²) < 4.78 is 0. The molecule has 0 amide bonds. The van der Waals surface area contributed by atoms with E-state index in [0.717, 1.165) is 6.42 Å². The molecule has 1 nitrogen and oxygen atoms in total. The molecule has 54 valence electrons. The van der Waals surface area contributed by atoms with Gasteiger partial charge in [0.05, 0.1) is 0 Å². The van der Waals surface area contributed by atoms with E-state index >= 15 is 0 Å². The third-order valence-corrected chi connectivity index (χ3v) is 0.953. The van der Waals surface area contributed by atoms with Gasteiger partial charge in [-0.05, 0) is 18.9 Å². The predicted octanol–water partition coefficient (Wildman–Crippen LogP) is 2.57. The number of Topliss-reactive ketones (excluding diaryl/α,β-unsaturated/α-hetero) is 1. The number of carbonyl (C=O) groups is 1. The average Bonchev–Trinajstić information content (AvgIpc) is 1.67. The number of hydrogen-bond acceptors (Lipinski definition) is 1. The van der Waals surface area contributed by atoms with Gasteiger partial charge in [0.2, 0.25) is 0 Å². The number of rotatable bonds is 3. The average molecular weight is 128 g/mol. The minimum Gasteiger partial charge on any atom is -0.295 e. The van der Waals surface area contributed by atoms with Crippen LogP contribution in [0.5, 0.6) is 0 Å². The van der Waals surface area contributed by atoms with Gasteiger partial charge in [-0.3, -0.25) is 4.79 Å². The fourth-order valence-corrected chi connectivity index (χ4v) is 0.440. The van der Waals surface area contributed by atoms with Crippen molar-refractivity contribution in [3.05, 3.63) is 12.2 Å². The zero-order chi connectivity index (χ0) is 6.57. The summed E-state index contributed by atoms with van der Waals surface area (Å²) >= 11 is 0. The molecule has 0 radical (unpaired) electrons. The molecule has 0 saturated heterocycles. The second-order valence-corrected chi connectivity index (χ2v) is 1.95. The molecule has 0 spiro atoms. The van der Waals surface area contributed by atoms with Crippen LogP contribution < -0.4 is 0 Å². The maximum absolute atomic E-state index is 10.6. The molecule has 9 heavy (non-hydrogen) atoms. The third kappa shape index (κ3) is 5.28. The van der Waals surface area contributed by atoms with E-state index in [1.807, 2.05) is 6.92 Å². The largest absolute Gasteiger partial charge is 0.295 e. The van der Waals surface area contributed by atoms with Crippen LogP contribution in [0.1, 0.15) is 34.1 Å². The molecule has 0 aromatic carbocycles. The first-order valence-electron chi connectivity index (χ1n) is 2.87. The summed E-state index contributed by atoms with van der Waals surface area (Å²) in [5.74, 6) is 0.188. The fourth-order valence-electron chi connectivity index (χ4n) is 0.440. The second kappa shape index (κ2) is 5.54. The molecule has 0 bridgehead atoms. The van der Waals surface area contributed by atoms with Crippen molar-refractivity contribution in [1.82, 2.24) is 0 Å². The summed E-state index contributed by atoms with van der Waals surface area (Å²) in [5, 5.41) is 0. The molecule has 0 aromatic rings. The van der Waals surface area contributed by atoms with Crippen molar-refractivity contribution in [2.75, 3.05) is 0 Å². The monoisotopic (exact) mass is 128 g/mol. The molecule has 0 fully saturated rings. The highest BCUT2D eigenvalue weighted by Gasteiger charge is 1.97. The number of hydrogen-bond donors (Lipinski definition) is 0. The maximum Gasteiger partial charge on any atom is 0.157 e. The topological polar surface area (TPSA) is 17.1 Å². The highest BCUT2D eigenvalue weighted by atomic mass is 16.1. The quantitative estimate of drug-likeness (QED) is 0.534. The first kappa shape index (κ1) is 11.2. The van der Waals surface area contributed by atoms with Crippen molar-refractivity contribution < 1.29 is 4.79 Å². The van der Waals surface area contributed by atoms with E-state index in [4.69, 9.17) is 0 Å². The van der Waals surface area contributed by atoms with Gasteiger partial charge in [0.15, 0.2) is 5.78 Å². The molecule has 0 rings (SSSR count).